The van der Waals surface area contributed by atoms with Crippen molar-refractivity contribution < 1.29 is 28.6 Å². The summed E-state index contributed by atoms with van der Waals surface area (Å²) in [6, 6.07) is 0. The molecule has 15 nitrogen and oxygen atoms in total. The Morgan fingerprint density at radius 1 is 0.487 bits per heavy atom. The molecule has 6 N–H and O–H groups in total. The van der Waals surface area contributed by atoms with Gasteiger partial charge in [-0.1, -0.05) is 0 Å². The monoisotopic (exact) mass is 555 g/mol. The smallest absolute Gasteiger partial charge is 0.407 e. The summed E-state index contributed by atoms with van der Waals surface area (Å²) in [6.07, 6.45) is -1.58. The van der Waals surface area contributed by atoms with E-state index in [2.05, 4.69) is 46.9 Å². The van der Waals surface area contributed by atoms with Crippen molar-refractivity contribution >= 4 is 36.1 Å². The zero-order chi connectivity index (χ0) is 29.7. The summed E-state index contributed by atoms with van der Waals surface area (Å²) in [5.41, 5.74) is -1.78. The van der Waals surface area contributed by atoms with E-state index in [9.17, 15) is 14.4 Å². The van der Waals surface area contributed by atoms with E-state index in [1.54, 1.807) is 62.3 Å². The Labute approximate surface area is 230 Å². The zero-order valence-corrected chi connectivity index (χ0v) is 24.5. The molecule has 0 aliphatic carbocycles. The molecule has 1 aromatic rings. The van der Waals surface area contributed by atoms with Gasteiger partial charge >= 0.3 is 18.3 Å². The van der Waals surface area contributed by atoms with E-state index >= 15 is 0 Å². The predicted molar refractivity (Wildman–Crippen MR) is 148 cm³/mol. The number of alkyl carbamates (subject to hydrolysis) is 3. The van der Waals surface area contributed by atoms with Crippen molar-refractivity contribution in [3.05, 3.63) is 0 Å². The van der Waals surface area contributed by atoms with Gasteiger partial charge in [0.25, 0.3) is 0 Å². The highest BCUT2D eigenvalue weighted by Gasteiger charge is 2.17. The molecular formula is C24H45N9O6. The normalized spacial score (nSPS) is 11.6. The van der Waals surface area contributed by atoms with Crippen molar-refractivity contribution in [2.45, 2.75) is 79.1 Å². The lowest BCUT2D eigenvalue weighted by Gasteiger charge is -2.20. The molecule has 0 aromatic carbocycles. The topological polar surface area (TPSA) is 190 Å². The molecule has 0 aliphatic heterocycles. The Morgan fingerprint density at radius 3 is 0.923 bits per heavy atom. The van der Waals surface area contributed by atoms with Crippen LogP contribution in [-0.2, 0) is 14.2 Å². The van der Waals surface area contributed by atoms with Gasteiger partial charge in [-0.3, -0.25) is 0 Å². The fourth-order valence-corrected chi connectivity index (χ4v) is 2.57. The highest BCUT2D eigenvalue weighted by molar-refractivity contribution is 5.68. The number of carbonyl (C=O) groups excluding carboxylic acids is 3. The maximum atomic E-state index is 11.8. The van der Waals surface area contributed by atoms with Gasteiger partial charge in [0.15, 0.2) is 0 Å². The molecule has 0 spiro atoms. The second-order valence-corrected chi connectivity index (χ2v) is 11.4. The molecule has 0 fully saturated rings. The van der Waals surface area contributed by atoms with E-state index < -0.39 is 35.1 Å². The lowest BCUT2D eigenvalue weighted by molar-refractivity contribution is 0.0518. The van der Waals surface area contributed by atoms with Crippen molar-refractivity contribution in [3.8, 4) is 0 Å². The Kier molecular flexibility index (Phi) is 12.8. The highest BCUT2D eigenvalue weighted by atomic mass is 16.6. The zero-order valence-electron chi connectivity index (χ0n) is 24.5. The van der Waals surface area contributed by atoms with Crippen LogP contribution in [0, 0.1) is 0 Å². The molecule has 222 valence electrons. The van der Waals surface area contributed by atoms with Crippen LogP contribution >= 0.6 is 0 Å². The number of anilines is 3. The lowest BCUT2D eigenvalue weighted by Crippen LogP contribution is -2.35. The summed E-state index contributed by atoms with van der Waals surface area (Å²) >= 11 is 0. The molecule has 1 aromatic heterocycles. The maximum absolute atomic E-state index is 11.8. The number of aromatic nitrogens is 3. The number of rotatable bonds is 12. The third-order valence-corrected chi connectivity index (χ3v) is 3.86. The molecule has 0 atom stereocenters. The van der Waals surface area contributed by atoms with Crippen LogP contribution < -0.4 is 31.9 Å². The van der Waals surface area contributed by atoms with Crippen molar-refractivity contribution in [1.29, 1.82) is 0 Å². The minimum Gasteiger partial charge on any atom is -0.444 e. The van der Waals surface area contributed by atoms with Crippen molar-refractivity contribution in [2.75, 3.05) is 55.2 Å². The first kappa shape index (κ1) is 33.2. The standard InChI is InChI=1S/C24H45N9O6/c1-22(2,3)37-19(34)28-13-10-25-16-31-17(26-11-14-29-20(35)38-23(4,5)6)33-18(32-16)27-12-15-30-21(36)39-24(7,8)9/h10-15H2,1-9H3,(H,28,34)(H,29,35)(H,30,36)(H3,25,26,27,31,32,33). The van der Waals surface area contributed by atoms with E-state index in [4.69, 9.17) is 14.2 Å². The first-order chi connectivity index (χ1) is 17.9. The van der Waals surface area contributed by atoms with Gasteiger partial charge < -0.3 is 46.1 Å². The summed E-state index contributed by atoms with van der Waals surface area (Å²) in [5.74, 6) is 0.753. The third-order valence-electron chi connectivity index (χ3n) is 3.86. The molecule has 3 amide bonds. The fourth-order valence-electron chi connectivity index (χ4n) is 2.57. The quantitative estimate of drug-likeness (QED) is 0.164. The van der Waals surface area contributed by atoms with Gasteiger partial charge in [-0.2, -0.15) is 15.0 Å². The number of nitrogens with zero attached hydrogens (tertiary/aromatic N) is 3. The van der Waals surface area contributed by atoms with E-state index in [1.807, 2.05) is 0 Å². The van der Waals surface area contributed by atoms with Gasteiger partial charge in [-0.05, 0) is 62.3 Å². The predicted octanol–water partition coefficient (Wildman–Crippen LogP) is 2.68. The molecule has 0 unspecified atom stereocenters. The van der Waals surface area contributed by atoms with Gasteiger partial charge in [-0.25, -0.2) is 14.4 Å². The molecule has 0 saturated carbocycles. The average Bonchev–Trinajstić information content (AvgIpc) is 2.74. The highest BCUT2D eigenvalue weighted by Crippen LogP contribution is 2.10. The minimum atomic E-state index is -0.594. The number of hydrogen-bond donors (Lipinski definition) is 6. The van der Waals surface area contributed by atoms with Crippen molar-refractivity contribution in [1.82, 2.24) is 30.9 Å². The minimum absolute atomic E-state index is 0.251. The van der Waals surface area contributed by atoms with Crippen LogP contribution in [0.4, 0.5) is 32.2 Å². The van der Waals surface area contributed by atoms with E-state index in [0.29, 0.717) is 19.6 Å². The van der Waals surface area contributed by atoms with Crippen LogP contribution in [0.3, 0.4) is 0 Å². The van der Waals surface area contributed by atoms with Crippen LogP contribution in [0.2, 0.25) is 0 Å². The van der Waals surface area contributed by atoms with Crippen molar-refractivity contribution in [2.24, 2.45) is 0 Å². The van der Waals surface area contributed by atoms with E-state index in [-0.39, 0.29) is 37.5 Å². The van der Waals surface area contributed by atoms with Gasteiger partial charge in [0.05, 0.1) is 0 Å². The second kappa shape index (κ2) is 15.0. The number of nitrogens with one attached hydrogen (secondary N) is 6. The van der Waals surface area contributed by atoms with Gasteiger partial charge in [-0.15, -0.1) is 0 Å². The molecule has 39 heavy (non-hydrogen) atoms. The van der Waals surface area contributed by atoms with Gasteiger partial charge in [0, 0.05) is 39.3 Å². The Morgan fingerprint density at radius 2 is 0.718 bits per heavy atom. The average molecular weight is 556 g/mol. The molecule has 1 heterocycles. The first-order valence-corrected chi connectivity index (χ1v) is 12.8. The third kappa shape index (κ3) is 18.2. The number of ether oxygens (including phenoxy) is 3. The van der Waals surface area contributed by atoms with Gasteiger partial charge in [0.1, 0.15) is 16.8 Å². The Hall–Kier alpha value is -3.78. The number of amides is 3. The summed E-state index contributed by atoms with van der Waals surface area (Å²) < 4.78 is 15.6. The maximum Gasteiger partial charge on any atom is 0.407 e. The molecule has 1 rings (SSSR count). The van der Waals surface area contributed by atoms with E-state index in [1.165, 1.54) is 0 Å². The molecule has 0 radical (unpaired) electrons. The Bertz CT molecular complexity index is 808. The molecule has 0 bridgehead atoms. The van der Waals surface area contributed by atoms with Gasteiger partial charge in [0.2, 0.25) is 17.8 Å². The molecule has 0 aliphatic rings. The van der Waals surface area contributed by atoms with Crippen LogP contribution in [0.25, 0.3) is 0 Å². The SMILES string of the molecule is CC(C)(C)OC(=O)NCCNc1nc(NCCNC(=O)OC(C)(C)C)nc(NCCNC(=O)OC(C)(C)C)n1. The summed E-state index contributed by atoms with van der Waals surface area (Å²) in [4.78, 5) is 48.4. The fraction of sp³-hybridized carbons (Fsp3) is 0.750. The summed E-state index contributed by atoms with van der Waals surface area (Å²) in [6.45, 7) is 17.8. The van der Waals surface area contributed by atoms with Crippen LogP contribution in [-0.4, -0.2) is 89.3 Å². The largest absolute Gasteiger partial charge is 0.444 e. The van der Waals surface area contributed by atoms with Crippen LogP contribution in [0.1, 0.15) is 62.3 Å². The summed E-state index contributed by atoms with van der Waals surface area (Å²) in [7, 11) is 0. The van der Waals surface area contributed by atoms with Crippen molar-refractivity contribution in [3.63, 3.8) is 0 Å². The number of carbonyl (C=O) groups is 3. The number of hydrogen-bond acceptors (Lipinski definition) is 12. The Balaban J connectivity index is 2.68. The van der Waals surface area contributed by atoms with Crippen LogP contribution in [0.5, 0.6) is 0 Å². The molecule has 15 heteroatoms. The second-order valence-electron chi connectivity index (χ2n) is 11.4. The van der Waals surface area contributed by atoms with Crippen LogP contribution in [0.15, 0.2) is 0 Å². The molecular weight excluding hydrogens is 510 g/mol. The lowest BCUT2D eigenvalue weighted by atomic mass is 10.2. The van der Waals surface area contributed by atoms with E-state index in [0.717, 1.165) is 0 Å². The summed E-state index contributed by atoms with van der Waals surface area (Å²) in [5, 5.41) is 17.0. The molecule has 0 saturated heterocycles. The first-order valence-electron chi connectivity index (χ1n) is 12.8.